The van der Waals surface area contributed by atoms with E-state index in [4.69, 9.17) is 9.15 Å². The van der Waals surface area contributed by atoms with Gasteiger partial charge in [0.05, 0.1) is 5.69 Å². The molecule has 2 heterocycles. The van der Waals surface area contributed by atoms with Crippen LogP contribution >= 0.6 is 11.3 Å². The highest BCUT2D eigenvalue weighted by Crippen LogP contribution is 2.18. The van der Waals surface area contributed by atoms with Crippen molar-refractivity contribution >= 4 is 22.4 Å². The van der Waals surface area contributed by atoms with Gasteiger partial charge in [0.25, 0.3) is 5.91 Å². The molecule has 0 aliphatic rings. The molecule has 1 N–H and O–H groups in total. The fraction of sp³-hybridized carbons (Fsp3) is 0.125. The van der Waals surface area contributed by atoms with E-state index in [2.05, 4.69) is 10.3 Å². The first-order valence-electron chi connectivity index (χ1n) is 6.81. The van der Waals surface area contributed by atoms with Gasteiger partial charge in [-0.1, -0.05) is 0 Å². The molecule has 118 valence electrons. The number of anilines is 1. The number of halogens is 1. The van der Waals surface area contributed by atoms with Crippen molar-refractivity contribution in [2.24, 2.45) is 0 Å². The van der Waals surface area contributed by atoms with E-state index >= 15 is 0 Å². The zero-order chi connectivity index (χ0) is 16.2. The summed E-state index contributed by atoms with van der Waals surface area (Å²) in [5.74, 6) is 0.497. The first-order valence-corrected chi connectivity index (χ1v) is 7.69. The monoisotopic (exact) mass is 332 g/mol. The Balaban J connectivity index is 1.59. The topological polar surface area (TPSA) is 64.4 Å². The number of hydrogen-bond donors (Lipinski definition) is 1. The van der Waals surface area contributed by atoms with E-state index in [0.717, 1.165) is 5.69 Å². The molecule has 3 rings (SSSR count). The van der Waals surface area contributed by atoms with Crippen LogP contribution in [0.3, 0.4) is 0 Å². The maximum atomic E-state index is 12.8. The first kappa shape index (κ1) is 15.2. The highest BCUT2D eigenvalue weighted by molar-refractivity contribution is 7.13. The molecule has 0 saturated heterocycles. The molecule has 0 saturated carbocycles. The van der Waals surface area contributed by atoms with E-state index in [1.807, 2.05) is 12.3 Å². The van der Waals surface area contributed by atoms with Gasteiger partial charge >= 0.3 is 0 Å². The van der Waals surface area contributed by atoms with Crippen molar-refractivity contribution in [3.63, 3.8) is 0 Å². The minimum absolute atomic E-state index is 0.148. The number of ether oxygens (including phenoxy) is 1. The van der Waals surface area contributed by atoms with Crippen molar-refractivity contribution in [2.45, 2.75) is 13.5 Å². The van der Waals surface area contributed by atoms with Crippen LogP contribution in [0.2, 0.25) is 0 Å². The van der Waals surface area contributed by atoms with E-state index in [9.17, 15) is 9.18 Å². The van der Waals surface area contributed by atoms with Crippen LogP contribution in [0.15, 0.2) is 46.2 Å². The highest BCUT2D eigenvalue weighted by atomic mass is 32.1. The number of carbonyl (C=O) groups excluding carboxylic acids is 1. The molecule has 0 radical (unpaired) electrons. The lowest BCUT2D eigenvalue weighted by Crippen LogP contribution is -2.10. The largest absolute Gasteiger partial charge is 0.486 e. The SMILES string of the molecule is Cc1csc(NC(=O)c2ccc(COc3ccc(F)cc3)o2)n1. The fourth-order valence-corrected chi connectivity index (χ4v) is 2.52. The number of benzene rings is 1. The summed E-state index contributed by atoms with van der Waals surface area (Å²) in [6.07, 6.45) is 0. The summed E-state index contributed by atoms with van der Waals surface area (Å²) in [7, 11) is 0. The summed E-state index contributed by atoms with van der Waals surface area (Å²) < 4.78 is 23.7. The van der Waals surface area contributed by atoms with Gasteiger partial charge in [-0.2, -0.15) is 0 Å². The average Bonchev–Trinajstić information content (AvgIpc) is 3.16. The van der Waals surface area contributed by atoms with Gasteiger partial charge in [-0.15, -0.1) is 11.3 Å². The number of hydrogen-bond acceptors (Lipinski definition) is 5. The summed E-state index contributed by atoms with van der Waals surface area (Å²) in [6.45, 7) is 2.00. The molecule has 0 aliphatic carbocycles. The average molecular weight is 332 g/mol. The molecule has 3 aromatic rings. The van der Waals surface area contributed by atoms with Crippen LogP contribution in [0, 0.1) is 12.7 Å². The van der Waals surface area contributed by atoms with Crippen molar-refractivity contribution < 1.29 is 18.3 Å². The van der Waals surface area contributed by atoms with Crippen molar-refractivity contribution in [1.29, 1.82) is 0 Å². The summed E-state index contributed by atoms with van der Waals surface area (Å²) in [6, 6.07) is 8.90. The molecule has 1 aromatic carbocycles. The van der Waals surface area contributed by atoms with Crippen LogP contribution < -0.4 is 10.1 Å². The Bertz CT molecular complexity index is 811. The number of nitrogens with one attached hydrogen (secondary N) is 1. The van der Waals surface area contributed by atoms with Gasteiger partial charge in [-0.05, 0) is 43.3 Å². The molecule has 0 unspecified atom stereocenters. The van der Waals surface area contributed by atoms with E-state index in [0.29, 0.717) is 16.6 Å². The predicted octanol–water partition coefficient (Wildman–Crippen LogP) is 4.01. The number of carbonyl (C=O) groups is 1. The van der Waals surface area contributed by atoms with Gasteiger partial charge in [0.15, 0.2) is 10.9 Å². The normalized spacial score (nSPS) is 10.5. The van der Waals surface area contributed by atoms with E-state index in [1.54, 1.807) is 12.1 Å². The number of aryl methyl sites for hydroxylation is 1. The maximum Gasteiger partial charge on any atom is 0.293 e. The standard InChI is InChI=1S/C16H13FN2O3S/c1-10-9-23-16(18-10)19-15(20)14-7-6-13(22-14)8-21-12-4-2-11(17)3-5-12/h2-7,9H,8H2,1H3,(H,18,19,20). The molecule has 5 nitrogen and oxygen atoms in total. The molecule has 0 bridgehead atoms. The second kappa shape index (κ2) is 6.62. The number of amides is 1. The van der Waals surface area contributed by atoms with Gasteiger partial charge in [-0.25, -0.2) is 9.37 Å². The number of thiazole rings is 1. The molecule has 0 fully saturated rings. The molecule has 0 aliphatic heterocycles. The van der Waals surface area contributed by atoms with E-state index in [-0.39, 0.29) is 24.1 Å². The zero-order valence-electron chi connectivity index (χ0n) is 12.2. The van der Waals surface area contributed by atoms with Crippen molar-refractivity contribution in [2.75, 3.05) is 5.32 Å². The Hall–Kier alpha value is -2.67. The van der Waals surface area contributed by atoms with Gasteiger partial charge < -0.3 is 9.15 Å². The highest BCUT2D eigenvalue weighted by Gasteiger charge is 2.13. The van der Waals surface area contributed by atoms with Crippen molar-refractivity contribution in [1.82, 2.24) is 4.98 Å². The summed E-state index contributed by atoms with van der Waals surface area (Å²) in [5, 5.41) is 5.03. The van der Waals surface area contributed by atoms with E-state index < -0.39 is 0 Å². The van der Waals surface area contributed by atoms with Gasteiger partial charge in [0.2, 0.25) is 0 Å². The molecule has 0 atom stereocenters. The molecule has 0 spiro atoms. The Kier molecular flexibility index (Phi) is 4.38. The Labute approximate surface area is 135 Å². The van der Waals surface area contributed by atoms with Gasteiger partial charge in [0.1, 0.15) is 23.9 Å². The minimum Gasteiger partial charge on any atom is -0.486 e. The molecular weight excluding hydrogens is 319 g/mol. The summed E-state index contributed by atoms with van der Waals surface area (Å²) in [4.78, 5) is 16.2. The van der Waals surface area contributed by atoms with Crippen LogP contribution in [0.1, 0.15) is 22.0 Å². The number of aromatic nitrogens is 1. The number of furan rings is 1. The molecule has 23 heavy (non-hydrogen) atoms. The quantitative estimate of drug-likeness (QED) is 0.766. The van der Waals surface area contributed by atoms with Crippen LogP contribution in [0.5, 0.6) is 5.75 Å². The third-order valence-corrected chi connectivity index (χ3v) is 3.80. The van der Waals surface area contributed by atoms with Crippen LogP contribution in [0.4, 0.5) is 9.52 Å². The maximum absolute atomic E-state index is 12.8. The smallest absolute Gasteiger partial charge is 0.293 e. The Morgan fingerprint density at radius 1 is 1.30 bits per heavy atom. The van der Waals surface area contributed by atoms with Crippen LogP contribution in [-0.4, -0.2) is 10.9 Å². The summed E-state index contributed by atoms with van der Waals surface area (Å²) >= 11 is 1.35. The van der Waals surface area contributed by atoms with Crippen molar-refractivity contribution in [3.05, 3.63) is 64.8 Å². The predicted molar refractivity (Wildman–Crippen MR) is 84.2 cm³/mol. The minimum atomic E-state index is -0.368. The first-order chi connectivity index (χ1) is 11.1. The number of nitrogens with zero attached hydrogens (tertiary/aromatic N) is 1. The molecule has 7 heteroatoms. The van der Waals surface area contributed by atoms with Crippen LogP contribution in [-0.2, 0) is 6.61 Å². The fourth-order valence-electron chi connectivity index (χ4n) is 1.83. The van der Waals surface area contributed by atoms with Gasteiger partial charge in [0, 0.05) is 5.38 Å². The molecule has 2 aromatic heterocycles. The lowest BCUT2D eigenvalue weighted by Gasteiger charge is -2.03. The second-order valence-corrected chi connectivity index (χ2v) is 5.61. The zero-order valence-corrected chi connectivity index (χ0v) is 13.0. The van der Waals surface area contributed by atoms with Crippen LogP contribution in [0.25, 0.3) is 0 Å². The summed E-state index contributed by atoms with van der Waals surface area (Å²) in [5.41, 5.74) is 0.845. The van der Waals surface area contributed by atoms with Gasteiger partial charge in [-0.3, -0.25) is 10.1 Å². The lowest BCUT2D eigenvalue weighted by molar-refractivity contribution is 0.0992. The number of rotatable bonds is 5. The van der Waals surface area contributed by atoms with E-state index in [1.165, 1.54) is 35.6 Å². The second-order valence-electron chi connectivity index (χ2n) is 4.76. The lowest BCUT2D eigenvalue weighted by atomic mass is 10.3. The Morgan fingerprint density at radius 3 is 2.78 bits per heavy atom. The molecular formula is C16H13FN2O3S. The third kappa shape index (κ3) is 3.95. The Morgan fingerprint density at radius 2 is 2.09 bits per heavy atom. The third-order valence-electron chi connectivity index (χ3n) is 2.92. The van der Waals surface area contributed by atoms with Crippen molar-refractivity contribution in [3.8, 4) is 5.75 Å². The molecule has 1 amide bonds.